The molecule has 33 heavy (non-hydrogen) atoms. The van der Waals surface area contributed by atoms with E-state index in [4.69, 9.17) is 14.2 Å². The molecular formula is C25H26N2O6. The van der Waals surface area contributed by atoms with Crippen molar-refractivity contribution in [2.75, 3.05) is 26.1 Å². The summed E-state index contributed by atoms with van der Waals surface area (Å²) in [5.41, 5.74) is 1.62. The Morgan fingerprint density at radius 3 is 2.30 bits per heavy atom. The minimum absolute atomic E-state index is 0.117. The van der Waals surface area contributed by atoms with E-state index >= 15 is 0 Å². The minimum Gasteiger partial charge on any atom is -0.491 e. The van der Waals surface area contributed by atoms with Crippen LogP contribution in [0.1, 0.15) is 33.2 Å². The average molecular weight is 450 g/mol. The second kappa shape index (κ2) is 11.6. The summed E-state index contributed by atoms with van der Waals surface area (Å²) in [4.78, 5) is 28.5. The van der Waals surface area contributed by atoms with Gasteiger partial charge in [-0.15, -0.1) is 0 Å². The van der Waals surface area contributed by atoms with Crippen molar-refractivity contribution in [3.05, 3.63) is 83.6 Å². The van der Waals surface area contributed by atoms with Gasteiger partial charge >= 0.3 is 5.97 Å². The predicted octanol–water partition coefficient (Wildman–Crippen LogP) is 4.11. The van der Waals surface area contributed by atoms with Crippen LogP contribution in [-0.4, -0.2) is 43.8 Å². The number of benzene rings is 2. The van der Waals surface area contributed by atoms with E-state index in [0.717, 1.165) is 5.56 Å². The Hall–Kier alpha value is -3.91. The highest BCUT2D eigenvalue weighted by molar-refractivity contribution is 6.04. The van der Waals surface area contributed by atoms with Gasteiger partial charge in [-0.25, -0.2) is 9.78 Å². The van der Waals surface area contributed by atoms with Gasteiger partial charge in [-0.1, -0.05) is 30.3 Å². The van der Waals surface area contributed by atoms with Crippen LogP contribution in [0.5, 0.6) is 11.5 Å². The number of methoxy groups -OCH3 is 2. The van der Waals surface area contributed by atoms with E-state index in [1.165, 1.54) is 25.4 Å². The lowest BCUT2D eigenvalue weighted by molar-refractivity contribution is 0.0600. The van der Waals surface area contributed by atoms with E-state index < -0.39 is 11.9 Å². The maximum absolute atomic E-state index is 12.9. The molecule has 0 aliphatic rings. The molecule has 1 N–H and O–H groups in total. The van der Waals surface area contributed by atoms with Crippen molar-refractivity contribution < 1.29 is 28.5 Å². The van der Waals surface area contributed by atoms with E-state index in [0.29, 0.717) is 36.1 Å². The molecule has 1 amide bonds. The highest BCUT2D eigenvalue weighted by atomic mass is 16.5. The van der Waals surface area contributed by atoms with E-state index in [9.17, 15) is 9.59 Å². The minimum atomic E-state index is -0.504. The number of aromatic nitrogens is 1. The summed E-state index contributed by atoms with van der Waals surface area (Å²) < 4.78 is 21.6. The number of hydrogen-bond acceptors (Lipinski definition) is 7. The molecule has 0 saturated carbocycles. The molecule has 0 aliphatic heterocycles. The smallest absolute Gasteiger partial charge is 0.339 e. The number of pyridine rings is 1. The van der Waals surface area contributed by atoms with E-state index in [1.54, 1.807) is 25.3 Å². The van der Waals surface area contributed by atoms with E-state index in [1.807, 2.05) is 37.3 Å². The molecule has 0 radical (unpaired) electrons. The number of amides is 1. The van der Waals surface area contributed by atoms with Crippen LogP contribution in [0.15, 0.2) is 66.9 Å². The number of carbonyl (C=O) groups is 2. The van der Waals surface area contributed by atoms with Crippen molar-refractivity contribution in [2.24, 2.45) is 0 Å². The topological polar surface area (TPSA) is 96.0 Å². The van der Waals surface area contributed by atoms with Crippen LogP contribution in [0.25, 0.3) is 0 Å². The number of anilines is 1. The van der Waals surface area contributed by atoms with Crippen LogP contribution in [-0.2, 0) is 16.1 Å². The number of nitrogens with zero attached hydrogens (tertiary/aromatic N) is 1. The van der Waals surface area contributed by atoms with E-state index in [-0.39, 0.29) is 11.7 Å². The number of ether oxygens (including phenoxy) is 4. The van der Waals surface area contributed by atoms with Gasteiger partial charge in [0, 0.05) is 24.9 Å². The Morgan fingerprint density at radius 2 is 1.67 bits per heavy atom. The molecule has 1 atom stereocenters. The number of esters is 1. The maximum atomic E-state index is 12.9. The zero-order valence-corrected chi connectivity index (χ0v) is 18.7. The number of hydrogen-bond donors (Lipinski definition) is 1. The largest absolute Gasteiger partial charge is 0.491 e. The second-order valence-corrected chi connectivity index (χ2v) is 7.20. The van der Waals surface area contributed by atoms with Gasteiger partial charge in [0.1, 0.15) is 30.5 Å². The molecular weight excluding hydrogens is 424 g/mol. The van der Waals surface area contributed by atoms with Crippen molar-refractivity contribution >= 4 is 17.7 Å². The fourth-order valence-electron chi connectivity index (χ4n) is 2.79. The first-order chi connectivity index (χ1) is 16.0. The van der Waals surface area contributed by atoms with Crippen LogP contribution in [0.2, 0.25) is 0 Å². The van der Waals surface area contributed by atoms with E-state index in [2.05, 4.69) is 15.0 Å². The standard InChI is InChI=1S/C25H26N2O6/c1-17(30-2)15-32-21-11-20(12-22(13-21)33-16-18-7-5-4-6-8-18)24(28)27-23-10-9-19(14-26-23)25(29)31-3/h4-14,17H,15-16H2,1-3H3,(H,26,27,28). The summed E-state index contributed by atoms with van der Waals surface area (Å²) in [5, 5.41) is 2.71. The molecule has 0 fully saturated rings. The molecule has 3 rings (SSSR count). The van der Waals surface area contributed by atoms with Gasteiger partial charge < -0.3 is 24.3 Å². The van der Waals surface area contributed by atoms with Crippen LogP contribution >= 0.6 is 0 Å². The highest BCUT2D eigenvalue weighted by Crippen LogP contribution is 2.25. The summed E-state index contributed by atoms with van der Waals surface area (Å²) in [6, 6.07) is 17.7. The Balaban J connectivity index is 1.77. The molecule has 8 nitrogen and oxygen atoms in total. The Morgan fingerprint density at radius 1 is 0.939 bits per heavy atom. The lowest BCUT2D eigenvalue weighted by Gasteiger charge is -2.15. The maximum Gasteiger partial charge on any atom is 0.339 e. The lowest BCUT2D eigenvalue weighted by Crippen LogP contribution is -2.17. The normalized spacial score (nSPS) is 11.4. The monoisotopic (exact) mass is 450 g/mol. The summed E-state index contributed by atoms with van der Waals surface area (Å²) >= 11 is 0. The Labute approximate surface area is 192 Å². The van der Waals surface area contributed by atoms with Gasteiger partial charge in [0.2, 0.25) is 0 Å². The third kappa shape index (κ3) is 7.05. The van der Waals surface area contributed by atoms with Crippen LogP contribution in [0.4, 0.5) is 5.82 Å². The van der Waals surface area contributed by atoms with Crippen molar-refractivity contribution in [1.29, 1.82) is 0 Å². The molecule has 1 unspecified atom stereocenters. The zero-order valence-electron chi connectivity index (χ0n) is 18.7. The molecule has 172 valence electrons. The van der Waals surface area contributed by atoms with Gasteiger partial charge in [0.05, 0.1) is 18.8 Å². The quantitative estimate of drug-likeness (QED) is 0.464. The van der Waals surface area contributed by atoms with Gasteiger partial charge in [0.15, 0.2) is 0 Å². The first-order valence-corrected chi connectivity index (χ1v) is 10.3. The predicted molar refractivity (Wildman–Crippen MR) is 123 cm³/mol. The number of carbonyl (C=O) groups excluding carboxylic acids is 2. The fourth-order valence-corrected chi connectivity index (χ4v) is 2.79. The van der Waals surface area contributed by atoms with Crippen molar-refractivity contribution in [3.8, 4) is 11.5 Å². The number of nitrogens with one attached hydrogen (secondary N) is 1. The summed E-state index contributed by atoms with van der Waals surface area (Å²) in [7, 11) is 2.89. The van der Waals surface area contributed by atoms with Crippen molar-refractivity contribution in [2.45, 2.75) is 19.6 Å². The van der Waals surface area contributed by atoms with Gasteiger partial charge in [0.25, 0.3) is 5.91 Å². The van der Waals surface area contributed by atoms with Crippen molar-refractivity contribution in [1.82, 2.24) is 4.98 Å². The third-order valence-corrected chi connectivity index (χ3v) is 4.70. The zero-order chi connectivity index (χ0) is 23.6. The Kier molecular flexibility index (Phi) is 8.37. The molecule has 3 aromatic rings. The second-order valence-electron chi connectivity index (χ2n) is 7.20. The molecule has 0 bridgehead atoms. The lowest BCUT2D eigenvalue weighted by atomic mass is 10.1. The van der Waals surface area contributed by atoms with Crippen molar-refractivity contribution in [3.63, 3.8) is 0 Å². The molecule has 0 saturated heterocycles. The van der Waals surface area contributed by atoms with Gasteiger partial charge in [-0.2, -0.15) is 0 Å². The summed E-state index contributed by atoms with van der Waals surface area (Å²) in [5.74, 6) is 0.349. The SMILES string of the molecule is COC(=O)c1ccc(NC(=O)c2cc(OCc3ccccc3)cc(OCC(C)OC)c2)nc1. The Bertz CT molecular complexity index is 1070. The summed E-state index contributed by atoms with van der Waals surface area (Å²) in [6.07, 6.45) is 1.22. The average Bonchev–Trinajstić information content (AvgIpc) is 2.86. The molecule has 1 heterocycles. The van der Waals surface area contributed by atoms with Gasteiger partial charge in [-0.3, -0.25) is 4.79 Å². The molecule has 8 heteroatoms. The molecule has 2 aromatic carbocycles. The van der Waals surface area contributed by atoms with Crippen LogP contribution < -0.4 is 14.8 Å². The highest BCUT2D eigenvalue weighted by Gasteiger charge is 2.13. The van der Waals surface area contributed by atoms with Crippen LogP contribution in [0, 0.1) is 0 Å². The third-order valence-electron chi connectivity index (χ3n) is 4.70. The fraction of sp³-hybridized carbons (Fsp3) is 0.240. The first kappa shape index (κ1) is 23.7. The molecule has 0 aliphatic carbocycles. The van der Waals surface area contributed by atoms with Crippen LogP contribution in [0.3, 0.4) is 0 Å². The number of rotatable bonds is 10. The molecule has 1 aromatic heterocycles. The molecule has 0 spiro atoms. The first-order valence-electron chi connectivity index (χ1n) is 10.3. The van der Waals surface area contributed by atoms with Gasteiger partial charge in [-0.05, 0) is 36.8 Å². The summed E-state index contributed by atoms with van der Waals surface area (Å²) in [6.45, 7) is 2.54.